The van der Waals surface area contributed by atoms with Crippen molar-refractivity contribution in [2.24, 2.45) is 0 Å². The normalized spacial score (nSPS) is 16.8. The summed E-state index contributed by atoms with van der Waals surface area (Å²) in [6.07, 6.45) is -0.721. The van der Waals surface area contributed by atoms with Crippen molar-refractivity contribution in [3.05, 3.63) is 58.1 Å². The Bertz CT molecular complexity index is 670. The van der Waals surface area contributed by atoms with Gasteiger partial charge < -0.3 is 9.47 Å². The average Bonchev–Trinajstić information content (AvgIpc) is 2.48. The molecule has 1 aliphatic rings. The second kappa shape index (κ2) is 5.35. The van der Waals surface area contributed by atoms with Crippen LogP contribution in [0.3, 0.4) is 0 Å². The van der Waals surface area contributed by atoms with E-state index in [1.165, 1.54) is 6.07 Å². The van der Waals surface area contributed by atoms with E-state index < -0.39 is 6.10 Å². The largest absolute Gasteiger partial charge is 0.485 e. The highest BCUT2D eigenvalue weighted by Crippen LogP contribution is 2.32. The summed E-state index contributed by atoms with van der Waals surface area (Å²) in [4.78, 5) is 12.4. The number of hydrogen-bond acceptors (Lipinski definition) is 3. The molecule has 0 fully saturated rings. The van der Waals surface area contributed by atoms with E-state index in [4.69, 9.17) is 32.7 Å². The predicted octanol–water partition coefficient (Wildman–Crippen LogP) is 4.02. The molecular formula is C15H10Cl2O3. The van der Waals surface area contributed by atoms with Gasteiger partial charge >= 0.3 is 0 Å². The summed E-state index contributed by atoms with van der Waals surface area (Å²) in [6.45, 7) is 0.151. The van der Waals surface area contributed by atoms with Gasteiger partial charge in [0.05, 0.1) is 5.02 Å². The highest BCUT2D eigenvalue weighted by atomic mass is 35.5. The Morgan fingerprint density at radius 3 is 2.65 bits per heavy atom. The third kappa shape index (κ3) is 2.47. The van der Waals surface area contributed by atoms with Gasteiger partial charge in [0, 0.05) is 10.6 Å². The number of hydrogen-bond donors (Lipinski definition) is 0. The molecule has 1 aliphatic heterocycles. The summed E-state index contributed by atoms with van der Waals surface area (Å²) >= 11 is 11.9. The van der Waals surface area contributed by atoms with E-state index in [2.05, 4.69) is 0 Å². The zero-order chi connectivity index (χ0) is 14.1. The molecule has 3 rings (SSSR count). The number of carbonyl (C=O) groups is 1. The van der Waals surface area contributed by atoms with Crippen LogP contribution in [-0.2, 0) is 0 Å². The smallest absolute Gasteiger partial charge is 0.208 e. The zero-order valence-electron chi connectivity index (χ0n) is 10.3. The molecule has 0 amide bonds. The molecule has 0 saturated heterocycles. The quantitative estimate of drug-likeness (QED) is 0.786. The molecule has 1 unspecified atom stereocenters. The van der Waals surface area contributed by atoms with E-state index in [-0.39, 0.29) is 12.4 Å². The summed E-state index contributed by atoms with van der Waals surface area (Å²) in [6, 6.07) is 12.0. The van der Waals surface area contributed by atoms with Gasteiger partial charge in [-0.05, 0) is 30.3 Å². The number of carbonyl (C=O) groups excluding carboxylic acids is 1. The van der Waals surface area contributed by atoms with Gasteiger partial charge in [0.25, 0.3) is 0 Å². The van der Waals surface area contributed by atoms with Gasteiger partial charge in [-0.1, -0.05) is 35.3 Å². The molecule has 0 aliphatic carbocycles. The fraction of sp³-hybridized carbons (Fsp3) is 0.133. The van der Waals surface area contributed by atoms with Crippen molar-refractivity contribution in [2.75, 3.05) is 6.61 Å². The lowest BCUT2D eigenvalue weighted by molar-refractivity contribution is 0.0586. The van der Waals surface area contributed by atoms with Crippen LogP contribution in [0, 0.1) is 0 Å². The van der Waals surface area contributed by atoms with Crippen molar-refractivity contribution in [1.82, 2.24) is 0 Å². The molecule has 3 nitrogen and oxygen atoms in total. The second-order valence-electron chi connectivity index (χ2n) is 4.35. The lowest BCUT2D eigenvalue weighted by Crippen LogP contribution is -2.36. The maximum Gasteiger partial charge on any atom is 0.208 e. The van der Waals surface area contributed by atoms with Crippen molar-refractivity contribution in [3.63, 3.8) is 0 Å². The van der Waals surface area contributed by atoms with Crippen LogP contribution in [0.1, 0.15) is 10.4 Å². The van der Waals surface area contributed by atoms with Crippen LogP contribution in [0.4, 0.5) is 0 Å². The molecule has 5 heteroatoms. The molecule has 1 heterocycles. The first-order chi connectivity index (χ1) is 9.65. The number of fused-ring (bicyclic) bond motifs is 1. The van der Waals surface area contributed by atoms with Crippen molar-refractivity contribution < 1.29 is 14.3 Å². The fourth-order valence-corrected chi connectivity index (χ4v) is 2.39. The topological polar surface area (TPSA) is 35.5 Å². The minimum atomic E-state index is -0.721. The Morgan fingerprint density at radius 1 is 1.10 bits per heavy atom. The lowest BCUT2D eigenvalue weighted by atomic mass is 10.1. The molecular weight excluding hydrogens is 299 g/mol. The van der Waals surface area contributed by atoms with Crippen LogP contribution in [0.2, 0.25) is 10.0 Å². The van der Waals surface area contributed by atoms with E-state index in [1.54, 1.807) is 24.3 Å². The molecule has 0 radical (unpaired) electrons. The van der Waals surface area contributed by atoms with Crippen molar-refractivity contribution in [3.8, 4) is 11.5 Å². The summed E-state index contributed by atoms with van der Waals surface area (Å²) < 4.78 is 11.2. The molecule has 20 heavy (non-hydrogen) atoms. The number of ether oxygens (including phenoxy) is 2. The molecule has 2 aromatic rings. The lowest BCUT2D eigenvalue weighted by Gasteiger charge is -2.25. The number of para-hydroxylation sites is 2. The Kier molecular flexibility index (Phi) is 3.55. The Hall–Kier alpha value is -1.71. The first-order valence-corrected chi connectivity index (χ1v) is 6.78. The number of halogens is 2. The molecule has 102 valence electrons. The number of rotatable bonds is 2. The van der Waals surface area contributed by atoms with Gasteiger partial charge in [0.2, 0.25) is 5.78 Å². The molecule has 0 bridgehead atoms. The van der Waals surface area contributed by atoms with Gasteiger partial charge in [0.1, 0.15) is 6.61 Å². The Morgan fingerprint density at radius 2 is 1.85 bits per heavy atom. The first-order valence-electron chi connectivity index (χ1n) is 6.03. The van der Waals surface area contributed by atoms with E-state index in [0.29, 0.717) is 27.1 Å². The molecule has 0 spiro atoms. The number of benzene rings is 2. The first kappa shape index (κ1) is 13.3. The molecule has 0 N–H and O–H groups in total. The van der Waals surface area contributed by atoms with Crippen molar-refractivity contribution in [1.29, 1.82) is 0 Å². The van der Waals surface area contributed by atoms with E-state index in [0.717, 1.165) is 0 Å². The standard InChI is InChI=1S/C15H10Cl2O3/c16-9-5-6-11(17)10(7-9)15(18)14-8-19-12-3-1-2-4-13(12)20-14/h1-7,14H,8H2. The minimum Gasteiger partial charge on any atom is -0.485 e. The van der Waals surface area contributed by atoms with Crippen LogP contribution in [0.15, 0.2) is 42.5 Å². The fourth-order valence-electron chi connectivity index (χ4n) is 2.01. The van der Waals surface area contributed by atoms with Crippen molar-refractivity contribution >= 4 is 29.0 Å². The Balaban J connectivity index is 1.88. The van der Waals surface area contributed by atoms with Crippen LogP contribution < -0.4 is 9.47 Å². The third-order valence-corrected chi connectivity index (χ3v) is 3.56. The van der Waals surface area contributed by atoms with E-state index >= 15 is 0 Å². The SMILES string of the molecule is O=C(c1cc(Cl)ccc1Cl)C1COc2ccccc2O1. The summed E-state index contributed by atoms with van der Waals surface area (Å²) in [5, 5.41) is 0.803. The van der Waals surface area contributed by atoms with Crippen LogP contribution in [-0.4, -0.2) is 18.5 Å². The van der Waals surface area contributed by atoms with E-state index in [1.807, 2.05) is 12.1 Å². The predicted molar refractivity (Wildman–Crippen MR) is 77.1 cm³/mol. The summed E-state index contributed by atoms with van der Waals surface area (Å²) in [5.74, 6) is 0.941. The average molecular weight is 309 g/mol. The maximum atomic E-state index is 12.4. The summed E-state index contributed by atoms with van der Waals surface area (Å²) in [7, 11) is 0. The number of ketones is 1. The van der Waals surface area contributed by atoms with Crippen molar-refractivity contribution in [2.45, 2.75) is 6.10 Å². The molecule has 0 aromatic heterocycles. The second-order valence-corrected chi connectivity index (χ2v) is 5.20. The van der Waals surface area contributed by atoms with Gasteiger partial charge in [-0.15, -0.1) is 0 Å². The molecule has 1 atom stereocenters. The van der Waals surface area contributed by atoms with Crippen LogP contribution in [0.25, 0.3) is 0 Å². The van der Waals surface area contributed by atoms with Crippen LogP contribution >= 0.6 is 23.2 Å². The minimum absolute atomic E-state index is 0.151. The molecule has 0 saturated carbocycles. The van der Waals surface area contributed by atoms with Gasteiger partial charge in [-0.2, -0.15) is 0 Å². The van der Waals surface area contributed by atoms with Gasteiger partial charge in [-0.25, -0.2) is 0 Å². The van der Waals surface area contributed by atoms with Gasteiger partial charge in [0.15, 0.2) is 17.6 Å². The highest BCUT2D eigenvalue weighted by molar-refractivity contribution is 6.36. The highest BCUT2D eigenvalue weighted by Gasteiger charge is 2.29. The maximum absolute atomic E-state index is 12.4. The zero-order valence-corrected chi connectivity index (χ0v) is 11.8. The monoisotopic (exact) mass is 308 g/mol. The Labute approximate surface area is 126 Å². The van der Waals surface area contributed by atoms with Gasteiger partial charge in [-0.3, -0.25) is 4.79 Å². The summed E-state index contributed by atoms with van der Waals surface area (Å²) in [5.41, 5.74) is 0.340. The van der Waals surface area contributed by atoms with E-state index in [9.17, 15) is 4.79 Å². The third-order valence-electron chi connectivity index (χ3n) is 2.99. The van der Waals surface area contributed by atoms with Crippen LogP contribution in [0.5, 0.6) is 11.5 Å². The molecule has 2 aromatic carbocycles. The number of Topliss-reactive ketones (excluding diaryl/α,β-unsaturated/α-hetero) is 1.